The average Bonchev–Trinajstić information content (AvgIpc) is 3.34. The van der Waals surface area contributed by atoms with Gasteiger partial charge < -0.3 is 15.4 Å². The zero-order valence-electron chi connectivity index (χ0n) is 16.7. The van der Waals surface area contributed by atoms with E-state index in [0.717, 1.165) is 37.3 Å². The van der Waals surface area contributed by atoms with E-state index >= 15 is 0 Å². The minimum atomic E-state index is 0.418. The third kappa shape index (κ3) is 4.70. The lowest BCUT2D eigenvalue weighted by molar-refractivity contribution is 0.125. The van der Waals surface area contributed by atoms with Crippen LogP contribution in [0, 0.1) is 11.8 Å². The molecule has 1 aromatic carbocycles. The predicted octanol–water partition coefficient (Wildman–Crippen LogP) is 3.04. The monoisotopic (exact) mass is 358 g/mol. The van der Waals surface area contributed by atoms with Crippen molar-refractivity contribution in [3.63, 3.8) is 0 Å². The van der Waals surface area contributed by atoms with Crippen LogP contribution >= 0.6 is 0 Å². The Hall–Kier alpha value is -1.75. The molecule has 1 aliphatic heterocycles. The standard InChI is InChI=1S/C21H34N4O/c1-5-22-21(24-19-13-15(19)2)23-14-17-7-6-12-25(3)20(17)16-8-10-18(26-4)11-9-16/h8-11,15,17,19-20H,5-7,12-14H2,1-4H3,(H2,22,23,24). The van der Waals surface area contributed by atoms with Crippen LogP contribution in [0.15, 0.2) is 29.3 Å². The Balaban J connectivity index is 1.70. The molecule has 4 unspecified atom stereocenters. The molecular formula is C21H34N4O. The summed E-state index contributed by atoms with van der Waals surface area (Å²) >= 11 is 0. The van der Waals surface area contributed by atoms with Gasteiger partial charge in [-0.3, -0.25) is 9.89 Å². The normalized spacial score (nSPS) is 29.3. The van der Waals surface area contributed by atoms with Gasteiger partial charge in [-0.2, -0.15) is 0 Å². The predicted molar refractivity (Wildman–Crippen MR) is 108 cm³/mol. The number of nitrogens with zero attached hydrogens (tertiary/aromatic N) is 2. The molecule has 4 atom stereocenters. The molecule has 0 spiro atoms. The summed E-state index contributed by atoms with van der Waals surface area (Å²) in [5.41, 5.74) is 1.36. The number of piperidine rings is 1. The molecule has 144 valence electrons. The van der Waals surface area contributed by atoms with Crippen LogP contribution in [0.2, 0.25) is 0 Å². The molecule has 1 heterocycles. The minimum absolute atomic E-state index is 0.418. The highest BCUT2D eigenvalue weighted by atomic mass is 16.5. The first-order chi connectivity index (χ1) is 12.6. The molecular weight excluding hydrogens is 324 g/mol. The summed E-state index contributed by atoms with van der Waals surface area (Å²) < 4.78 is 5.32. The maximum atomic E-state index is 5.32. The summed E-state index contributed by atoms with van der Waals surface area (Å²) in [4.78, 5) is 7.42. The first-order valence-electron chi connectivity index (χ1n) is 10.0. The van der Waals surface area contributed by atoms with Crippen molar-refractivity contribution in [1.82, 2.24) is 15.5 Å². The van der Waals surface area contributed by atoms with Crippen molar-refractivity contribution in [1.29, 1.82) is 0 Å². The zero-order valence-corrected chi connectivity index (χ0v) is 16.7. The highest BCUT2D eigenvalue weighted by Crippen LogP contribution is 2.36. The Labute approximate surface area is 158 Å². The van der Waals surface area contributed by atoms with Gasteiger partial charge in [-0.25, -0.2) is 0 Å². The fraction of sp³-hybridized carbons (Fsp3) is 0.667. The number of ether oxygens (including phenoxy) is 1. The Bertz CT molecular complexity index is 601. The topological polar surface area (TPSA) is 48.9 Å². The van der Waals surface area contributed by atoms with Gasteiger partial charge in [-0.1, -0.05) is 19.1 Å². The molecule has 1 aliphatic carbocycles. The van der Waals surface area contributed by atoms with Gasteiger partial charge in [-0.15, -0.1) is 0 Å². The summed E-state index contributed by atoms with van der Waals surface area (Å²) in [7, 11) is 3.95. The number of methoxy groups -OCH3 is 1. The van der Waals surface area contributed by atoms with Crippen LogP contribution in [-0.4, -0.2) is 50.7 Å². The van der Waals surface area contributed by atoms with Crippen molar-refractivity contribution in [2.24, 2.45) is 16.8 Å². The fourth-order valence-electron chi connectivity index (χ4n) is 4.01. The molecule has 0 aromatic heterocycles. The molecule has 5 nitrogen and oxygen atoms in total. The van der Waals surface area contributed by atoms with Crippen molar-refractivity contribution in [3.8, 4) is 5.75 Å². The number of hydrogen-bond donors (Lipinski definition) is 2. The lowest BCUT2D eigenvalue weighted by atomic mass is 9.85. The summed E-state index contributed by atoms with van der Waals surface area (Å²) in [6.07, 6.45) is 3.72. The third-order valence-electron chi connectivity index (χ3n) is 5.72. The van der Waals surface area contributed by atoms with E-state index in [1.807, 2.05) is 0 Å². The number of hydrogen-bond acceptors (Lipinski definition) is 3. The van der Waals surface area contributed by atoms with Crippen LogP contribution in [0.1, 0.15) is 44.7 Å². The van der Waals surface area contributed by atoms with E-state index in [1.165, 1.54) is 24.8 Å². The van der Waals surface area contributed by atoms with Crippen LogP contribution in [0.4, 0.5) is 0 Å². The molecule has 1 aromatic rings. The van der Waals surface area contributed by atoms with E-state index < -0.39 is 0 Å². The van der Waals surface area contributed by atoms with Gasteiger partial charge in [0, 0.05) is 25.2 Å². The Morgan fingerprint density at radius 3 is 2.65 bits per heavy atom. The summed E-state index contributed by atoms with van der Waals surface area (Å²) in [6.45, 7) is 7.32. The first-order valence-corrected chi connectivity index (χ1v) is 10.0. The van der Waals surface area contributed by atoms with Gasteiger partial charge in [0.05, 0.1) is 7.11 Å². The van der Waals surface area contributed by atoms with Crippen molar-refractivity contribution < 1.29 is 4.74 Å². The van der Waals surface area contributed by atoms with E-state index in [1.54, 1.807) is 7.11 Å². The van der Waals surface area contributed by atoms with E-state index in [0.29, 0.717) is 18.0 Å². The highest BCUT2D eigenvalue weighted by Gasteiger charge is 2.34. The highest BCUT2D eigenvalue weighted by molar-refractivity contribution is 5.80. The quantitative estimate of drug-likeness (QED) is 0.606. The molecule has 0 radical (unpaired) electrons. The van der Waals surface area contributed by atoms with Crippen LogP contribution < -0.4 is 15.4 Å². The maximum absolute atomic E-state index is 5.32. The number of rotatable bonds is 6. The summed E-state index contributed by atoms with van der Waals surface area (Å²) in [5, 5.41) is 6.97. The second-order valence-electron chi connectivity index (χ2n) is 7.78. The molecule has 2 N–H and O–H groups in total. The van der Waals surface area contributed by atoms with Crippen molar-refractivity contribution in [2.45, 2.75) is 45.2 Å². The summed E-state index contributed by atoms with van der Waals surface area (Å²) in [6, 6.07) is 9.56. The van der Waals surface area contributed by atoms with Gasteiger partial charge in [0.25, 0.3) is 0 Å². The van der Waals surface area contributed by atoms with Gasteiger partial charge >= 0.3 is 0 Å². The molecule has 1 saturated heterocycles. The van der Waals surface area contributed by atoms with Crippen molar-refractivity contribution in [2.75, 3.05) is 33.8 Å². The molecule has 2 aliphatic rings. The fourth-order valence-corrected chi connectivity index (χ4v) is 4.01. The minimum Gasteiger partial charge on any atom is -0.497 e. The Morgan fingerprint density at radius 1 is 1.31 bits per heavy atom. The van der Waals surface area contributed by atoms with Crippen molar-refractivity contribution in [3.05, 3.63) is 29.8 Å². The van der Waals surface area contributed by atoms with E-state index in [9.17, 15) is 0 Å². The average molecular weight is 359 g/mol. The summed E-state index contributed by atoms with van der Waals surface area (Å²) in [5.74, 6) is 3.20. The number of aliphatic imine (C=N–C) groups is 1. The Morgan fingerprint density at radius 2 is 2.04 bits per heavy atom. The number of likely N-dealkylation sites (tertiary alicyclic amines) is 1. The molecule has 5 heteroatoms. The van der Waals surface area contributed by atoms with Crippen LogP contribution in [0.3, 0.4) is 0 Å². The van der Waals surface area contributed by atoms with Gasteiger partial charge in [-0.05, 0) is 69.3 Å². The van der Waals surface area contributed by atoms with E-state index in [-0.39, 0.29) is 0 Å². The second kappa shape index (κ2) is 8.76. The van der Waals surface area contributed by atoms with Gasteiger partial charge in [0.1, 0.15) is 5.75 Å². The second-order valence-corrected chi connectivity index (χ2v) is 7.78. The number of nitrogens with one attached hydrogen (secondary N) is 2. The SMILES string of the molecule is CCNC(=NCC1CCCN(C)C1c1ccc(OC)cc1)NC1CC1C. The third-order valence-corrected chi connectivity index (χ3v) is 5.72. The lowest BCUT2D eigenvalue weighted by Gasteiger charge is -2.39. The molecule has 3 rings (SSSR count). The lowest BCUT2D eigenvalue weighted by Crippen LogP contribution is -2.41. The molecule has 0 amide bonds. The first kappa shape index (κ1) is 19.0. The van der Waals surface area contributed by atoms with Crippen LogP contribution in [0.25, 0.3) is 0 Å². The van der Waals surface area contributed by atoms with E-state index in [4.69, 9.17) is 9.73 Å². The largest absolute Gasteiger partial charge is 0.497 e. The van der Waals surface area contributed by atoms with Crippen LogP contribution in [-0.2, 0) is 0 Å². The van der Waals surface area contributed by atoms with Gasteiger partial charge in [0.2, 0.25) is 0 Å². The maximum Gasteiger partial charge on any atom is 0.191 e. The molecule has 0 bridgehead atoms. The van der Waals surface area contributed by atoms with E-state index in [2.05, 4.69) is 60.7 Å². The smallest absolute Gasteiger partial charge is 0.191 e. The Kier molecular flexibility index (Phi) is 6.41. The van der Waals surface area contributed by atoms with Gasteiger partial charge in [0.15, 0.2) is 5.96 Å². The van der Waals surface area contributed by atoms with Crippen LogP contribution in [0.5, 0.6) is 5.75 Å². The van der Waals surface area contributed by atoms with Crippen molar-refractivity contribution >= 4 is 5.96 Å². The molecule has 2 fully saturated rings. The molecule has 26 heavy (non-hydrogen) atoms. The zero-order chi connectivity index (χ0) is 18.5. The number of guanidine groups is 1. The molecule has 1 saturated carbocycles. The number of benzene rings is 1.